The van der Waals surface area contributed by atoms with Crippen molar-refractivity contribution in [2.75, 3.05) is 40.4 Å². The van der Waals surface area contributed by atoms with Gasteiger partial charge < -0.3 is 19.5 Å². The van der Waals surface area contributed by atoms with Gasteiger partial charge in [0.05, 0.1) is 13.2 Å². The molecule has 1 aromatic rings. The van der Waals surface area contributed by atoms with E-state index in [2.05, 4.69) is 54.3 Å². The zero-order valence-corrected chi connectivity index (χ0v) is 10.6. The Bertz CT molecular complexity index is 284. The standard InChI is InChI=1S/C12H23N3O/c1-14(2)8-10-16-9-6-13-11-12-5-4-7-15(12)3/h4-5,7,13H,6,8-11H2,1-3H3. The molecule has 0 bridgehead atoms. The van der Waals surface area contributed by atoms with Crippen LogP contribution in [0.2, 0.25) is 0 Å². The second-order valence-electron chi connectivity index (χ2n) is 4.20. The monoisotopic (exact) mass is 225 g/mol. The predicted octanol–water partition coefficient (Wildman–Crippen LogP) is 0.693. The summed E-state index contributed by atoms with van der Waals surface area (Å²) in [6.45, 7) is 4.37. The van der Waals surface area contributed by atoms with Crippen molar-refractivity contribution in [1.82, 2.24) is 14.8 Å². The Labute approximate surface area is 98.2 Å². The largest absolute Gasteiger partial charge is 0.379 e. The van der Waals surface area contributed by atoms with Gasteiger partial charge in [-0.1, -0.05) is 0 Å². The highest BCUT2D eigenvalue weighted by Crippen LogP contribution is 1.97. The lowest BCUT2D eigenvalue weighted by atomic mass is 10.4. The topological polar surface area (TPSA) is 29.4 Å². The van der Waals surface area contributed by atoms with E-state index < -0.39 is 0 Å². The van der Waals surface area contributed by atoms with Crippen molar-refractivity contribution in [3.8, 4) is 0 Å². The first kappa shape index (κ1) is 13.2. The highest BCUT2D eigenvalue weighted by Gasteiger charge is 1.96. The summed E-state index contributed by atoms with van der Waals surface area (Å²) >= 11 is 0. The lowest BCUT2D eigenvalue weighted by Gasteiger charge is -2.10. The van der Waals surface area contributed by atoms with Crippen LogP contribution in [0.5, 0.6) is 0 Å². The van der Waals surface area contributed by atoms with Gasteiger partial charge >= 0.3 is 0 Å². The molecule has 0 saturated heterocycles. The molecule has 0 unspecified atom stereocenters. The zero-order chi connectivity index (χ0) is 11.8. The molecule has 4 nitrogen and oxygen atoms in total. The smallest absolute Gasteiger partial charge is 0.0593 e. The number of likely N-dealkylation sites (N-methyl/N-ethyl adjacent to an activating group) is 1. The molecule has 0 aromatic carbocycles. The summed E-state index contributed by atoms with van der Waals surface area (Å²) in [5.74, 6) is 0. The maximum Gasteiger partial charge on any atom is 0.0593 e. The molecular formula is C12H23N3O. The first-order chi connectivity index (χ1) is 7.70. The molecule has 0 fully saturated rings. The van der Waals surface area contributed by atoms with Gasteiger partial charge in [0, 0.05) is 38.6 Å². The van der Waals surface area contributed by atoms with Crippen molar-refractivity contribution in [2.45, 2.75) is 6.54 Å². The molecule has 1 aromatic heterocycles. The van der Waals surface area contributed by atoms with E-state index in [0.29, 0.717) is 0 Å². The molecule has 0 atom stereocenters. The summed E-state index contributed by atoms with van der Waals surface area (Å²) in [6.07, 6.45) is 2.06. The Morgan fingerprint density at radius 2 is 2.19 bits per heavy atom. The lowest BCUT2D eigenvalue weighted by Crippen LogP contribution is -2.23. The first-order valence-electron chi connectivity index (χ1n) is 5.73. The molecule has 1 heterocycles. The van der Waals surface area contributed by atoms with E-state index in [0.717, 1.165) is 32.8 Å². The van der Waals surface area contributed by atoms with Gasteiger partial charge in [-0.2, -0.15) is 0 Å². The van der Waals surface area contributed by atoms with Crippen LogP contribution in [-0.2, 0) is 18.3 Å². The molecule has 0 aliphatic carbocycles. The molecule has 16 heavy (non-hydrogen) atoms. The highest BCUT2D eigenvalue weighted by atomic mass is 16.5. The summed E-state index contributed by atoms with van der Waals surface area (Å²) in [7, 11) is 6.17. The number of aromatic nitrogens is 1. The molecule has 1 N–H and O–H groups in total. The van der Waals surface area contributed by atoms with Gasteiger partial charge in [0.25, 0.3) is 0 Å². The fourth-order valence-corrected chi connectivity index (χ4v) is 1.39. The maximum atomic E-state index is 5.48. The van der Waals surface area contributed by atoms with Crippen molar-refractivity contribution in [1.29, 1.82) is 0 Å². The Hall–Kier alpha value is -0.840. The van der Waals surface area contributed by atoms with Crippen LogP contribution in [0.4, 0.5) is 0 Å². The van der Waals surface area contributed by atoms with Gasteiger partial charge in [0.1, 0.15) is 0 Å². The quantitative estimate of drug-likeness (QED) is 0.660. The highest BCUT2D eigenvalue weighted by molar-refractivity contribution is 5.05. The third-order valence-corrected chi connectivity index (χ3v) is 2.46. The Morgan fingerprint density at radius 3 is 2.81 bits per heavy atom. The van der Waals surface area contributed by atoms with Crippen LogP contribution in [0.1, 0.15) is 5.69 Å². The molecule has 92 valence electrons. The molecule has 0 saturated carbocycles. The number of nitrogens with zero attached hydrogens (tertiary/aromatic N) is 2. The van der Waals surface area contributed by atoms with E-state index in [1.165, 1.54) is 5.69 Å². The van der Waals surface area contributed by atoms with Crippen LogP contribution in [0.15, 0.2) is 18.3 Å². The second kappa shape index (κ2) is 7.44. The van der Waals surface area contributed by atoms with Gasteiger partial charge in [-0.15, -0.1) is 0 Å². The van der Waals surface area contributed by atoms with Crippen LogP contribution >= 0.6 is 0 Å². The van der Waals surface area contributed by atoms with Gasteiger partial charge in [-0.05, 0) is 26.2 Å². The van der Waals surface area contributed by atoms with E-state index in [1.807, 2.05) is 0 Å². The summed E-state index contributed by atoms with van der Waals surface area (Å²) in [6, 6.07) is 4.19. The minimum absolute atomic E-state index is 0.776. The number of hydrogen-bond donors (Lipinski definition) is 1. The average molecular weight is 225 g/mol. The molecular weight excluding hydrogens is 202 g/mol. The fourth-order valence-electron chi connectivity index (χ4n) is 1.39. The average Bonchev–Trinajstić information content (AvgIpc) is 2.62. The van der Waals surface area contributed by atoms with E-state index >= 15 is 0 Å². The number of aryl methyl sites for hydroxylation is 1. The van der Waals surface area contributed by atoms with Crippen LogP contribution in [0.3, 0.4) is 0 Å². The third kappa shape index (κ3) is 5.30. The molecule has 0 aliphatic rings. The third-order valence-electron chi connectivity index (χ3n) is 2.46. The van der Waals surface area contributed by atoms with Gasteiger partial charge in [-0.3, -0.25) is 0 Å². The van der Waals surface area contributed by atoms with Crippen LogP contribution in [0, 0.1) is 0 Å². The molecule has 1 rings (SSSR count). The summed E-state index contributed by atoms with van der Waals surface area (Å²) in [5, 5.41) is 3.36. The van der Waals surface area contributed by atoms with Gasteiger partial charge in [0.2, 0.25) is 0 Å². The fraction of sp³-hybridized carbons (Fsp3) is 0.667. The number of rotatable bonds is 8. The van der Waals surface area contributed by atoms with Crippen molar-refractivity contribution in [2.24, 2.45) is 7.05 Å². The second-order valence-corrected chi connectivity index (χ2v) is 4.20. The van der Waals surface area contributed by atoms with Crippen molar-refractivity contribution in [3.05, 3.63) is 24.0 Å². The Balaban J connectivity index is 1.94. The summed E-state index contributed by atoms with van der Waals surface area (Å²) < 4.78 is 7.61. The van der Waals surface area contributed by atoms with Crippen molar-refractivity contribution >= 4 is 0 Å². The molecule has 0 aliphatic heterocycles. The van der Waals surface area contributed by atoms with Gasteiger partial charge in [-0.25, -0.2) is 0 Å². The van der Waals surface area contributed by atoms with E-state index in [1.54, 1.807) is 0 Å². The van der Waals surface area contributed by atoms with Gasteiger partial charge in [0.15, 0.2) is 0 Å². The Kier molecular flexibility index (Phi) is 6.15. The number of hydrogen-bond acceptors (Lipinski definition) is 3. The molecule has 0 spiro atoms. The van der Waals surface area contributed by atoms with Crippen LogP contribution in [0.25, 0.3) is 0 Å². The summed E-state index contributed by atoms with van der Waals surface area (Å²) in [5.41, 5.74) is 1.30. The van der Waals surface area contributed by atoms with E-state index in [-0.39, 0.29) is 0 Å². The van der Waals surface area contributed by atoms with Crippen molar-refractivity contribution in [3.63, 3.8) is 0 Å². The molecule has 0 radical (unpaired) electrons. The molecule has 4 heteroatoms. The minimum Gasteiger partial charge on any atom is -0.379 e. The molecule has 0 amide bonds. The van der Waals surface area contributed by atoms with Crippen LogP contribution < -0.4 is 5.32 Å². The Morgan fingerprint density at radius 1 is 1.38 bits per heavy atom. The minimum atomic E-state index is 0.776. The lowest BCUT2D eigenvalue weighted by molar-refractivity contribution is 0.119. The maximum absolute atomic E-state index is 5.48. The normalized spacial score (nSPS) is 11.2. The van der Waals surface area contributed by atoms with E-state index in [9.17, 15) is 0 Å². The first-order valence-corrected chi connectivity index (χ1v) is 5.73. The van der Waals surface area contributed by atoms with Crippen molar-refractivity contribution < 1.29 is 4.74 Å². The van der Waals surface area contributed by atoms with Crippen LogP contribution in [-0.4, -0.2) is 49.9 Å². The summed E-state index contributed by atoms with van der Waals surface area (Å²) in [4.78, 5) is 2.12. The number of nitrogens with one attached hydrogen (secondary N) is 1. The predicted molar refractivity (Wildman–Crippen MR) is 66.5 cm³/mol. The van der Waals surface area contributed by atoms with E-state index in [4.69, 9.17) is 4.74 Å². The zero-order valence-electron chi connectivity index (χ0n) is 10.6. The SMILES string of the molecule is CN(C)CCOCCNCc1cccn1C. The number of ether oxygens (including phenoxy) is 1.